The van der Waals surface area contributed by atoms with E-state index in [0.717, 1.165) is 25.4 Å². The van der Waals surface area contributed by atoms with E-state index in [4.69, 9.17) is 14.2 Å². The van der Waals surface area contributed by atoms with E-state index in [1.54, 1.807) is 0 Å². The zero-order valence-electron chi connectivity index (χ0n) is 11.2. The van der Waals surface area contributed by atoms with Crippen LogP contribution >= 0.6 is 0 Å². The van der Waals surface area contributed by atoms with Gasteiger partial charge in [0.15, 0.2) is 0 Å². The van der Waals surface area contributed by atoms with E-state index in [1.165, 1.54) is 5.56 Å². The molecule has 0 saturated carbocycles. The Kier molecular flexibility index (Phi) is 2.73. The molecule has 18 heavy (non-hydrogen) atoms. The van der Waals surface area contributed by atoms with Crippen molar-refractivity contribution in [2.45, 2.75) is 32.2 Å². The third-order valence-electron chi connectivity index (χ3n) is 3.63. The van der Waals surface area contributed by atoms with E-state index in [0.29, 0.717) is 5.92 Å². The summed E-state index contributed by atoms with van der Waals surface area (Å²) in [6.45, 7) is 8.78. The second-order valence-corrected chi connectivity index (χ2v) is 6.18. The lowest BCUT2D eigenvalue weighted by atomic mass is 9.86. The van der Waals surface area contributed by atoms with Crippen molar-refractivity contribution in [2.24, 2.45) is 5.92 Å². The minimum absolute atomic E-state index is 0.156. The minimum Gasteiger partial charge on any atom is -0.323 e. The first-order chi connectivity index (χ1) is 8.50. The molecule has 0 amide bonds. The van der Waals surface area contributed by atoms with Crippen LogP contribution in [0.4, 0.5) is 0 Å². The fourth-order valence-electron chi connectivity index (χ4n) is 2.38. The van der Waals surface area contributed by atoms with Crippen molar-refractivity contribution in [3.05, 3.63) is 35.4 Å². The monoisotopic (exact) mass is 248 g/mol. The Morgan fingerprint density at radius 1 is 0.944 bits per heavy atom. The summed E-state index contributed by atoms with van der Waals surface area (Å²) in [7, 11) is 0. The Balaban J connectivity index is 1.88. The summed E-state index contributed by atoms with van der Waals surface area (Å²) in [5.74, 6) is -0.564. The molecule has 0 unspecified atom stereocenters. The lowest BCUT2D eigenvalue weighted by Gasteiger charge is -2.45. The van der Waals surface area contributed by atoms with E-state index >= 15 is 0 Å². The first kappa shape index (κ1) is 12.2. The highest BCUT2D eigenvalue weighted by molar-refractivity contribution is 5.29. The summed E-state index contributed by atoms with van der Waals surface area (Å²) < 4.78 is 17.2. The maximum absolute atomic E-state index is 5.73. The third-order valence-corrected chi connectivity index (χ3v) is 3.63. The standard InChI is InChI=1S/C15H20O3/c1-14(2,3)12-4-6-13(7-5-12)15-16-8-11(9-17-15)10-18-15/h4-7,11H,8-10H2,1-3H3. The van der Waals surface area contributed by atoms with Gasteiger partial charge in [0.1, 0.15) is 0 Å². The predicted octanol–water partition coefficient (Wildman–Crippen LogP) is 2.79. The first-order valence-electron chi connectivity index (χ1n) is 6.52. The van der Waals surface area contributed by atoms with Crippen molar-refractivity contribution in [3.8, 4) is 0 Å². The van der Waals surface area contributed by atoms with Gasteiger partial charge in [0.25, 0.3) is 0 Å². The molecule has 1 aromatic rings. The topological polar surface area (TPSA) is 27.7 Å². The maximum Gasteiger partial charge on any atom is 0.312 e. The van der Waals surface area contributed by atoms with E-state index in [1.807, 2.05) is 12.1 Å². The average Bonchev–Trinajstić information content (AvgIpc) is 2.40. The van der Waals surface area contributed by atoms with Crippen molar-refractivity contribution in [2.75, 3.05) is 19.8 Å². The van der Waals surface area contributed by atoms with Gasteiger partial charge in [-0.3, -0.25) is 0 Å². The van der Waals surface area contributed by atoms with Gasteiger partial charge in [-0.05, 0) is 11.0 Å². The van der Waals surface area contributed by atoms with E-state index < -0.39 is 5.97 Å². The van der Waals surface area contributed by atoms with Gasteiger partial charge in [-0.25, -0.2) is 0 Å². The van der Waals surface area contributed by atoms with Crippen LogP contribution in [-0.4, -0.2) is 19.8 Å². The van der Waals surface area contributed by atoms with Crippen molar-refractivity contribution in [3.63, 3.8) is 0 Å². The Morgan fingerprint density at radius 3 is 1.89 bits per heavy atom. The van der Waals surface area contributed by atoms with Gasteiger partial charge in [-0.1, -0.05) is 45.0 Å². The summed E-state index contributed by atoms with van der Waals surface area (Å²) in [5, 5.41) is 0. The van der Waals surface area contributed by atoms with Crippen LogP contribution in [0.25, 0.3) is 0 Å². The van der Waals surface area contributed by atoms with Gasteiger partial charge >= 0.3 is 5.97 Å². The Labute approximate surface area is 108 Å². The summed E-state index contributed by atoms with van der Waals surface area (Å²) >= 11 is 0. The highest BCUT2D eigenvalue weighted by atomic mass is 16.9. The normalized spacial score (nSPS) is 31.6. The van der Waals surface area contributed by atoms with Crippen LogP contribution in [-0.2, 0) is 25.6 Å². The van der Waals surface area contributed by atoms with Crippen molar-refractivity contribution < 1.29 is 14.2 Å². The van der Waals surface area contributed by atoms with Crippen LogP contribution in [0.15, 0.2) is 24.3 Å². The quantitative estimate of drug-likeness (QED) is 0.765. The highest BCUT2D eigenvalue weighted by Crippen LogP contribution is 2.39. The maximum atomic E-state index is 5.73. The van der Waals surface area contributed by atoms with Gasteiger partial charge < -0.3 is 14.2 Å². The molecule has 0 atom stereocenters. The Morgan fingerprint density at radius 2 is 1.44 bits per heavy atom. The summed E-state index contributed by atoms with van der Waals surface area (Å²) in [6, 6.07) is 8.35. The van der Waals surface area contributed by atoms with Gasteiger partial charge in [0, 0.05) is 11.5 Å². The van der Waals surface area contributed by atoms with E-state index in [2.05, 4.69) is 32.9 Å². The molecule has 0 spiro atoms. The molecule has 0 radical (unpaired) electrons. The number of benzene rings is 1. The van der Waals surface area contributed by atoms with Crippen LogP contribution in [0.5, 0.6) is 0 Å². The van der Waals surface area contributed by atoms with Crippen molar-refractivity contribution >= 4 is 0 Å². The highest BCUT2D eigenvalue weighted by Gasteiger charge is 2.46. The zero-order chi connectivity index (χ0) is 12.8. The second kappa shape index (κ2) is 4.05. The predicted molar refractivity (Wildman–Crippen MR) is 68.2 cm³/mol. The van der Waals surface area contributed by atoms with Gasteiger partial charge in [0.2, 0.25) is 0 Å². The molecule has 2 bridgehead atoms. The SMILES string of the molecule is CC(C)(C)c1ccc(C23OCC(CO2)CO3)cc1. The van der Waals surface area contributed by atoms with Gasteiger partial charge in [-0.15, -0.1) is 0 Å². The third kappa shape index (κ3) is 1.96. The second-order valence-electron chi connectivity index (χ2n) is 6.18. The zero-order valence-corrected chi connectivity index (χ0v) is 11.2. The first-order valence-corrected chi connectivity index (χ1v) is 6.52. The van der Waals surface area contributed by atoms with Crippen LogP contribution in [0.1, 0.15) is 31.9 Å². The fourth-order valence-corrected chi connectivity index (χ4v) is 2.38. The number of rotatable bonds is 1. The number of hydrogen-bond acceptors (Lipinski definition) is 3. The summed E-state index contributed by atoms with van der Waals surface area (Å²) in [4.78, 5) is 0. The van der Waals surface area contributed by atoms with Crippen molar-refractivity contribution in [1.82, 2.24) is 0 Å². The van der Waals surface area contributed by atoms with Crippen LogP contribution < -0.4 is 0 Å². The molecule has 1 aromatic carbocycles. The molecule has 4 rings (SSSR count). The number of ether oxygens (including phenoxy) is 3. The van der Waals surface area contributed by atoms with Gasteiger partial charge in [-0.2, -0.15) is 0 Å². The molecule has 3 aliphatic rings. The Hall–Kier alpha value is -0.900. The number of hydrogen-bond donors (Lipinski definition) is 0. The lowest BCUT2D eigenvalue weighted by Crippen LogP contribution is -2.51. The lowest BCUT2D eigenvalue weighted by molar-refractivity contribution is -0.460. The molecule has 0 aromatic heterocycles. The molecule has 0 aliphatic carbocycles. The van der Waals surface area contributed by atoms with Crippen molar-refractivity contribution in [1.29, 1.82) is 0 Å². The molecule has 0 N–H and O–H groups in total. The average molecular weight is 248 g/mol. The molecule has 3 heterocycles. The molecule has 3 aliphatic heterocycles. The van der Waals surface area contributed by atoms with Crippen LogP contribution in [0.3, 0.4) is 0 Å². The summed E-state index contributed by atoms with van der Waals surface area (Å²) in [6.07, 6.45) is 0. The minimum atomic E-state index is -0.953. The molecular formula is C15H20O3. The molecule has 3 heteroatoms. The molecule has 3 saturated heterocycles. The smallest absolute Gasteiger partial charge is 0.312 e. The van der Waals surface area contributed by atoms with E-state index in [9.17, 15) is 0 Å². The molecule has 98 valence electrons. The van der Waals surface area contributed by atoms with Crippen LogP contribution in [0.2, 0.25) is 0 Å². The fraction of sp³-hybridized carbons (Fsp3) is 0.600. The molecular weight excluding hydrogens is 228 g/mol. The van der Waals surface area contributed by atoms with Crippen LogP contribution in [0, 0.1) is 5.92 Å². The van der Waals surface area contributed by atoms with Gasteiger partial charge in [0.05, 0.1) is 19.8 Å². The Bertz CT molecular complexity index is 408. The summed E-state index contributed by atoms with van der Waals surface area (Å²) in [5.41, 5.74) is 2.41. The molecule has 3 nitrogen and oxygen atoms in total. The van der Waals surface area contributed by atoms with E-state index in [-0.39, 0.29) is 5.41 Å². The number of fused-ring (bicyclic) bond motifs is 3. The largest absolute Gasteiger partial charge is 0.323 e. The molecule has 3 fully saturated rings.